The fraction of sp³-hybridized carbons (Fsp3) is 0.762. The summed E-state index contributed by atoms with van der Waals surface area (Å²) in [7, 11) is 0. The van der Waals surface area contributed by atoms with Crippen LogP contribution in [0.4, 0.5) is 0 Å². The molecule has 0 amide bonds. The molecule has 0 saturated carbocycles. The van der Waals surface area contributed by atoms with Crippen molar-refractivity contribution in [3.63, 3.8) is 0 Å². The third-order valence-electron chi connectivity index (χ3n) is 5.95. The first-order chi connectivity index (χ1) is 12.8. The summed E-state index contributed by atoms with van der Waals surface area (Å²) in [6.45, 7) is 7.01. The Labute approximate surface area is 161 Å². The second-order valence-electron chi connectivity index (χ2n) is 8.38. The highest BCUT2D eigenvalue weighted by Gasteiger charge is 2.73. The Kier molecular flexibility index (Phi) is 5.82. The van der Waals surface area contributed by atoms with E-state index >= 15 is 0 Å². The maximum atomic E-state index is 11.7. The van der Waals surface area contributed by atoms with Crippen LogP contribution in [0.5, 0.6) is 0 Å². The molecule has 0 aromatic carbocycles. The first kappa shape index (κ1) is 20.5. The van der Waals surface area contributed by atoms with Gasteiger partial charge in [-0.2, -0.15) is 0 Å². The second kappa shape index (κ2) is 7.66. The van der Waals surface area contributed by atoms with E-state index in [2.05, 4.69) is 13.0 Å². The molecule has 2 aliphatic heterocycles. The van der Waals surface area contributed by atoms with E-state index in [0.29, 0.717) is 12.0 Å². The van der Waals surface area contributed by atoms with E-state index in [4.69, 9.17) is 14.2 Å². The number of rotatable bonds is 7. The first-order valence-corrected chi connectivity index (χ1v) is 9.98. The highest BCUT2D eigenvalue weighted by molar-refractivity contribution is 5.67. The Morgan fingerprint density at radius 3 is 2.70 bits per heavy atom. The van der Waals surface area contributed by atoms with Gasteiger partial charge in [0.2, 0.25) is 0 Å². The largest absolute Gasteiger partial charge is 0.455 e. The third-order valence-corrected chi connectivity index (χ3v) is 5.95. The van der Waals surface area contributed by atoms with Gasteiger partial charge in [-0.1, -0.05) is 31.9 Å². The lowest BCUT2D eigenvalue weighted by Crippen LogP contribution is -2.59. The van der Waals surface area contributed by atoms with Crippen LogP contribution < -0.4 is 0 Å². The molecule has 152 valence electrons. The van der Waals surface area contributed by atoms with E-state index in [9.17, 15) is 15.0 Å². The van der Waals surface area contributed by atoms with Crippen molar-refractivity contribution in [1.82, 2.24) is 0 Å². The molecule has 0 bridgehead atoms. The zero-order chi connectivity index (χ0) is 19.8. The van der Waals surface area contributed by atoms with Gasteiger partial charge < -0.3 is 24.4 Å². The van der Waals surface area contributed by atoms with E-state index < -0.39 is 35.5 Å². The van der Waals surface area contributed by atoms with Crippen molar-refractivity contribution in [2.45, 2.75) is 95.4 Å². The van der Waals surface area contributed by atoms with Crippen molar-refractivity contribution in [1.29, 1.82) is 0 Å². The molecule has 0 aromatic rings. The quantitative estimate of drug-likeness (QED) is 0.401. The Bertz CT molecular complexity index is 637. The van der Waals surface area contributed by atoms with Crippen molar-refractivity contribution in [3.8, 4) is 0 Å². The first-order valence-electron chi connectivity index (χ1n) is 9.98. The minimum absolute atomic E-state index is 0.207. The zero-order valence-electron chi connectivity index (χ0n) is 16.7. The Balaban J connectivity index is 1.94. The number of aliphatic hydroxyl groups excluding tert-OH is 2. The van der Waals surface area contributed by atoms with Crippen LogP contribution in [0, 0.1) is 0 Å². The average molecular weight is 380 g/mol. The molecule has 2 N–H and O–H groups in total. The standard InChI is InChI=1S/C21H32O6/c1-5-6-7-8-9-10-14-15(12-22)18-21(11-16(24)20(3,4)26-18)19(27-21)17(14)25-13(2)23/h9-10,16-19,22,24H,5-8,11-12H2,1-4H3/t16-,17-,18-,19-,21+/m1/s1. The zero-order valence-corrected chi connectivity index (χ0v) is 16.7. The number of allylic oxidation sites excluding steroid dienone is 1. The van der Waals surface area contributed by atoms with Crippen LogP contribution in [0.1, 0.15) is 59.8 Å². The molecule has 3 rings (SSSR count). The van der Waals surface area contributed by atoms with Gasteiger partial charge in [-0.3, -0.25) is 4.79 Å². The summed E-state index contributed by atoms with van der Waals surface area (Å²) in [5, 5.41) is 20.6. The highest BCUT2D eigenvalue weighted by Crippen LogP contribution is 2.58. The van der Waals surface area contributed by atoms with Crippen LogP contribution in [0.25, 0.3) is 0 Å². The maximum absolute atomic E-state index is 11.7. The van der Waals surface area contributed by atoms with Crippen LogP contribution in [-0.4, -0.2) is 58.4 Å². The van der Waals surface area contributed by atoms with E-state index in [-0.39, 0.29) is 12.7 Å². The normalized spacial score (nSPS) is 37.1. The molecule has 2 heterocycles. The fourth-order valence-corrected chi connectivity index (χ4v) is 4.30. The molecular formula is C21H32O6. The lowest BCUT2D eigenvalue weighted by Gasteiger charge is -2.46. The molecule has 2 saturated heterocycles. The van der Waals surface area contributed by atoms with E-state index in [1.165, 1.54) is 6.92 Å². The maximum Gasteiger partial charge on any atom is 0.303 e. The van der Waals surface area contributed by atoms with Gasteiger partial charge in [0.15, 0.2) is 6.10 Å². The number of aliphatic hydroxyl groups is 2. The van der Waals surface area contributed by atoms with Gasteiger partial charge in [0.1, 0.15) is 17.8 Å². The van der Waals surface area contributed by atoms with Crippen molar-refractivity contribution in [2.75, 3.05) is 6.61 Å². The van der Waals surface area contributed by atoms with E-state index in [1.807, 2.05) is 19.9 Å². The molecule has 1 spiro atoms. The fourth-order valence-electron chi connectivity index (χ4n) is 4.30. The smallest absolute Gasteiger partial charge is 0.303 e. The van der Waals surface area contributed by atoms with Crippen LogP contribution in [-0.2, 0) is 19.0 Å². The minimum atomic E-state index is -0.739. The molecule has 27 heavy (non-hydrogen) atoms. The molecular weight excluding hydrogens is 348 g/mol. The molecule has 6 heteroatoms. The summed E-state index contributed by atoms with van der Waals surface area (Å²) in [6, 6.07) is 0. The number of unbranched alkanes of at least 4 members (excludes halogenated alkanes) is 3. The molecule has 1 aliphatic carbocycles. The summed E-state index contributed by atoms with van der Waals surface area (Å²) >= 11 is 0. The molecule has 0 unspecified atom stereocenters. The predicted molar refractivity (Wildman–Crippen MR) is 100 cm³/mol. The monoisotopic (exact) mass is 380 g/mol. The number of ether oxygens (including phenoxy) is 3. The van der Waals surface area contributed by atoms with Gasteiger partial charge in [-0.15, -0.1) is 0 Å². The Morgan fingerprint density at radius 1 is 1.33 bits per heavy atom. The lowest BCUT2D eigenvalue weighted by atomic mass is 9.72. The van der Waals surface area contributed by atoms with E-state index in [1.54, 1.807) is 0 Å². The minimum Gasteiger partial charge on any atom is -0.455 e. The SMILES string of the molecule is CCCCCC=CC1=C(CO)[C@H]2OC(C)(C)[C@H](O)C[C@]23O[C@@H]3[C@@H]1OC(C)=O. The summed E-state index contributed by atoms with van der Waals surface area (Å²) in [5.41, 5.74) is -0.0229. The number of carbonyl (C=O) groups is 1. The van der Waals surface area contributed by atoms with Crippen LogP contribution in [0.3, 0.4) is 0 Å². The Morgan fingerprint density at radius 2 is 2.07 bits per heavy atom. The van der Waals surface area contributed by atoms with Crippen molar-refractivity contribution in [3.05, 3.63) is 23.3 Å². The molecule has 6 nitrogen and oxygen atoms in total. The van der Waals surface area contributed by atoms with Crippen molar-refractivity contribution >= 4 is 5.97 Å². The third kappa shape index (κ3) is 3.73. The summed E-state index contributed by atoms with van der Waals surface area (Å²) in [4.78, 5) is 11.7. The van der Waals surface area contributed by atoms with Gasteiger partial charge in [0.05, 0.1) is 18.3 Å². The number of esters is 1. The van der Waals surface area contributed by atoms with Gasteiger partial charge in [0, 0.05) is 13.3 Å². The highest BCUT2D eigenvalue weighted by atomic mass is 16.7. The number of epoxide rings is 1. The van der Waals surface area contributed by atoms with Crippen molar-refractivity contribution in [2.24, 2.45) is 0 Å². The molecule has 0 radical (unpaired) electrons. The van der Waals surface area contributed by atoms with Crippen LogP contribution in [0.15, 0.2) is 23.3 Å². The van der Waals surface area contributed by atoms with Gasteiger partial charge >= 0.3 is 5.97 Å². The second-order valence-corrected chi connectivity index (χ2v) is 8.38. The molecule has 5 atom stereocenters. The van der Waals surface area contributed by atoms with Crippen molar-refractivity contribution < 1.29 is 29.2 Å². The number of hydrogen-bond donors (Lipinski definition) is 2. The molecule has 3 aliphatic rings. The summed E-state index contributed by atoms with van der Waals surface area (Å²) in [6.07, 6.45) is 6.65. The van der Waals surface area contributed by atoms with Crippen LogP contribution >= 0.6 is 0 Å². The van der Waals surface area contributed by atoms with Crippen LogP contribution in [0.2, 0.25) is 0 Å². The van der Waals surface area contributed by atoms with Gasteiger partial charge in [0.25, 0.3) is 0 Å². The topological polar surface area (TPSA) is 88.5 Å². The van der Waals surface area contributed by atoms with E-state index in [0.717, 1.165) is 31.3 Å². The van der Waals surface area contributed by atoms with Gasteiger partial charge in [-0.25, -0.2) is 0 Å². The molecule has 0 aromatic heterocycles. The predicted octanol–water partition coefficient (Wildman–Crippen LogP) is 2.42. The average Bonchev–Trinajstić information content (AvgIpc) is 3.31. The number of hydrogen-bond acceptors (Lipinski definition) is 6. The molecule has 2 fully saturated rings. The Hall–Kier alpha value is -1.21. The summed E-state index contributed by atoms with van der Waals surface area (Å²) < 4.78 is 17.8. The lowest BCUT2D eigenvalue weighted by molar-refractivity contribution is -0.190. The number of carbonyl (C=O) groups excluding carboxylic acids is 1. The summed E-state index contributed by atoms with van der Waals surface area (Å²) in [5.74, 6) is -0.393. The van der Waals surface area contributed by atoms with Gasteiger partial charge in [-0.05, 0) is 37.8 Å².